The van der Waals surface area contributed by atoms with Gasteiger partial charge in [0.15, 0.2) is 0 Å². The summed E-state index contributed by atoms with van der Waals surface area (Å²) in [6, 6.07) is 16.3. The van der Waals surface area contributed by atoms with E-state index in [1.807, 2.05) is 30.3 Å². The Balaban J connectivity index is 1.61. The highest BCUT2D eigenvalue weighted by Gasteiger charge is 2.11. The van der Waals surface area contributed by atoms with E-state index < -0.39 is 0 Å². The fourth-order valence-corrected chi connectivity index (χ4v) is 3.22. The lowest BCUT2D eigenvalue weighted by molar-refractivity contribution is 0.0487. The van der Waals surface area contributed by atoms with Crippen molar-refractivity contribution in [1.29, 1.82) is 0 Å². The molecule has 2 aromatic rings. The Morgan fingerprint density at radius 2 is 1.13 bits per heavy atom. The monoisotopic (exact) mass is 410 g/mol. The standard InChI is InChI=1S/C26H34O4/c1-2-3-4-5-6-7-8-12-20-29-25(27)23-15-17-24(18-16-23)26(28)30-21-19-22-13-10-9-11-14-22/h9-11,13-18H,2-8,12,19-21H2,1H3. The van der Waals surface area contributed by atoms with Crippen LogP contribution in [0, 0.1) is 0 Å². The number of rotatable bonds is 14. The molecule has 0 bridgehead atoms. The van der Waals surface area contributed by atoms with Crippen LogP contribution < -0.4 is 0 Å². The molecule has 0 fully saturated rings. The van der Waals surface area contributed by atoms with Crippen LogP contribution in [0.25, 0.3) is 0 Å². The SMILES string of the molecule is CCCCCCCCCCOC(=O)c1ccc(C(=O)OCCc2ccccc2)cc1. The quantitative estimate of drug-likeness (QED) is 0.268. The van der Waals surface area contributed by atoms with Gasteiger partial charge in [0.25, 0.3) is 0 Å². The molecular formula is C26H34O4. The summed E-state index contributed by atoms with van der Waals surface area (Å²) in [7, 11) is 0. The summed E-state index contributed by atoms with van der Waals surface area (Å²) in [6.07, 6.45) is 10.3. The Morgan fingerprint density at radius 3 is 1.70 bits per heavy atom. The van der Waals surface area contributed by atoms with Crippen molar-refractivity contribution in [2.45, 2.75) is 64.7 Å². The smallest absolute Gasteiger partial charge is 0.338 e. The third kappa shape index (κ3) is 9.25. The maximum absolute atomic E-state index is 12.1. The summed E-state index contributed by atoms with van der Waals surface area (Å²) < 4.78 is 10.6. The lowest BCUT2D eigenvalue weighted by atomic mass is 10.1. The molecular weight excluding hydrogens is 376 g/mol. The third-order valence-electron chi connectivity index (χ3n) is 5.05. The van der Waals surface area contributed by atoms with Gasteiger partial charge in [0.05, 0.1) is 24.3 Å². The van der Waals surface area contributed by atoms with Crippen molar-refractivity contribution in [2.75, 3.05) is 13.2 Å². The molecule has 0 aliphatic carbocycles. The molecule has 0 aliphatic rings. The van der Waals surface area contributed by atoms with Crippen molar-refractivity contribution < 1.29 is 19.1 Å². The lowest BCUT2D eigenvalue weighted by Crippen LogP contribution is -2.10. The van der Waals surface area contributed by atoms with Crippen molar-refractivity contribution in [2.24, 2.45) is 0 Å². The molecule has 4 heteroatoms. The summed E-state index contributed by atoms with van der Waals surface area (Å²) in [5, 5.41) is 0. The first kappa shape index (κ1) is 23.7. The third-order valence-corrected chi connectivity index (χ3v) is 5.05. The second-order valence-electron chi connectivity index (χ2n) is 7.56. The van der Waals surface area contributed by atoms with E-state index in [0.29, 0.717) is 30.8 Å². The van der Waals surface area contributed by atoms with Gasteiger partial charge in [-0.2, -0.15) is 0 Å². The Bertz CT molecular complexity index is 737. The molecule has 0 heterocycles. The van der Waals surface area contributed by atoms with Crippen LogP contribution in [-0.4, -0.2) is 25.2 Å². The zero-order valence-corrected chi connectivity index (χ0v) is 18.1. The molecule has 2 rings (SSSR count). The average Bonchev–Trinajstić information content (AvgIpc) is 2.78. The second kappa shape index (κ2) is 14.4. The molecule has 0 aromatic heterocycles. The Hall–Kier alpha value is -2.62. The predicted molar refractivity (Wildman–Crippen MR) is 120 cm³/mol. The summed E-state index contributed by atoms with van der Waals surface area (Å²) in [4.78, 5) is 24.3. The molecule has 0 unspecified atom stereocenters. The van der Waals surface area contributed by atoms with Gasteiger partial charge in [-0.05, 0) is 36.2 Å². The first-order valence-electron chi connectivity index (χ1n) is 11.2. The van der Waals surface area contributed by atoms with Crippen molar-refractivity contribution >= 4 is 11.9 Å². The summed E-state index contributed by atoms with van der Waals surface area (Å²) in [6.45, 7) is 2.99. The predicted octanol–water partition coefficient (Wildman–Crippen LogP) is 6.38. The maximum atomic E-state index is 12.1. The van der Waals surface area contributed by atoms with E-state index in [2.05, 4.69) is 6.92 Å². The number of ether oxygens (including phenoxy) is 2. The largest absolute Gasteiger partial charge is 0.462 e. The molecule has 162 valence electrons. The van der Waals surface area contributed by atoms with Gasteiger partial charge in [-0.3, -0.25) is 0 Å². The van der Waals surface area contributed by atoms with Gasteiger partial charge in [-0.15, -0.1) is 0 Å². The van der Waals surface area contributed by atoms with E-state index in [-0.39, 0.29) is 11.9 Å². The minimum atomic E-state index is -0.384. The van der Waals surface area contributed by atoms with Crippen LogP contribution in [0.4, 0.5) is 0 Å². The van der Waals surface area contributed by atoms with Crippen LogP contribution in [0.2, 0.25) is 0 Å². The van der Waals surface area contributed by atoms with E-state index in [4.69, 9.17) is 9.47 Å². The van der Waals surface area contributed by atoms with Crippen LogP contribution in [0.3, 0.4) is 0 Å². The lowest BCUT2D eigenvalue weighted by Gasteiger charge is -2.07. The van der Waals surface area contributed by atoms with Crippen LogP contribution in [-0.2, 0) is 15.9 Å². The molecule has 0 N–H and O–H groups in total. The van der Waals surface area contributed by atoms with Gasteiger partial charge in [0.2, 0.25) is 0 Å². The molecule has 0 radical (unpaired) electrons. The number of benzene rings is 2. The molecule has 0 saturated carbocycles. The number of esters is 2. The van der Waals surface area contributed by atoms with E-state index in [1.54, 1.807) is 24.3 Å². The summed E-state index contributed by atoms with van der Waals surface area (Å²) in [5.74, 6) is -0.730. The fraction of sp³-hybridized carbons (Fsp3) is 0.462. The highest BCUT2D eigenvalue weighted by Crippen LogP contribution is 2.11. The number of carbonyl (C=O) groups is 2. The Morgan fingerprint density at radius 1 is 0.633 bits per heavy atom. The average molecular weight is 411 g/mol. The van der Waals surface area contributed by atoms with E-state index in [0.717, 1.165) is 18.4 Å². The van der Waals surface area contributed by atoms with Gasteiger partial charge in [-0.1, -0.05) is 82.2 Å². The molecule has 0 amide bonds. The molecule has 2 aromatic carbocycles. The van der Waals surface area contributed by atoms with E-state index in [9.17, 15) is 9.59 Å². The minimum absolute atomic E-state index is 0.325. The zero-order valence-electron chi connectivity index (χ0n) is 18.1. The van der Waals surface area contributed by atoms with E-state index in [1.165, 1.54) is 38.5 Å². The number of unbranched alkanes of at least 4 members (excludes halogenated alkanes) is 7. The second-order valence-corrected chi connectivity index (χ2v) is 7.56. The van der Waals surface area contributed by atoms with Gasteiger partial charge < -0.3 is 9.47 Å². The van der Waals surface area contributed by atoms with Crippen LogP contribution in [0.15, 0.2) is 54.6 Å². The fourth-order valence-electron chi connectivity index (χ4n) is 3.22. The summed E-state index contributed by atoms with van der Waals surface area (Å²) >= 11 is 0. The van der Waals surface area contributed by atoms with Crippen molar-refractivity contribution in [1.82, 2.24) is 0 Å². The van der Waals surface area contributed by atoms with Gasteiger partial charge in [0.1, 0.15) is 0 Å². The Kier molecular flexibility index (Phi) is 11.3. The molecule has 0 spiro atoms. The Labute approximate surface area is 180 Å². The first-order chi connectivity index (χ1) is 14.7. The first-order valence-corrected chi connectivity index (χ1v) is 11.2. The van der Waals surface area contributed by atoms with Crippen LogP contribution in [0.5, 0.6) is 0 Å². The van der Waals surface area contributed by atoms with Crippen LogP contribution in [0.1, 0.15) is 84.6 Å². The summed E-state index contributed by atoms with van der Waals surface area (Å²) in [5.41, 5.74) is 2.01. The number of carbonyl (C=O) groups excluding carboxylic acids is 2. The molecule has 0 saturated heterocycles. The van der Waals surface area contributed by atoms with Gasteiger partial charge in [0, 0.05) is 6.42 Å². The normalized spacial score (nSPS) is 10.6. The number of hydrogen-bond donors (Lipinski definition) is 0. The van der Waals surface area contributed by atoms with Crippen molar-refractivity contribution in [3.8, 4) is 0 Å². The molecule has 0 aliphatic heterocycles. The van der Waals surface area contributed by atoms with Crippen molar-refractivity contribution in [3.63, 3.8) is 0 Å². The topological polar surface area (TPSA) is 52.6 Å². The van der Waals surface area contributed by atoms with Crippen LogP contribution >= 0.6 is 0 Å². The zero-order chi connectivity index (χ0) is 21.4. The number of hydrogen-bond acceptors (Lipinski definition) is 4. The molecule has 4 nitrogen and oxygen atoms in total. The van der Waals surface area contributed by atoms with Crippen molar-refractivity contribution in [3.05, 3.63) is 71.3 Å². The van der Waals surface area contributed by atoms with Gasteiger partial charge in [-0.25, -0.2) is 9.59 Å². The van der Waals surface area contributed by atoms with Gasteiger partial charge >= 0.3 is 11.9 Å². The van der Waals surface area contributed by atoms with E-state index >= 15 is 0 Å². The molecule has 30 heavy (non-hydrogen) atoms. The minimum Gasteiger partial charge on any atom is -0.462 e. The maximum Gasteiger partial charge on any atom is 0.338 e. The highest BCUT2D eigenvalue weighted by atomic mass is 16.5. The molecule has 0 atom stereocenters. The highest BCUT2D eigenvalue weighted by molar-refractivity contribution is 5.93.